The molecule has 2 atom stereocenters. The number of hydrogen-bond acceptors (Lipinski definition) is 2. The summed E-state index contributed by atoms with van der Waals surface area (Å²) in [7, 11) is 0. The van der Waals surface area contributed by atoms with Crippen LogP contribution in [0.3, 0.4) is 0 Å². The second-order valence-corrected chi connectivity index (χ2v) is 4.78. The largest absolute Gasteiger partial charge is 0.355 e. The lowest BCUT2D eigenvalue weighted by Crippen LogP contribution is -2.48. The number of piperidine rings is 1. The predicted molar refractivity (Wildman–Crippen MR) is 67.3 cm³/mol. The number of carbonyl (C=O) groups is 1. The van der Waals surface area contributed by atoms with Crippen LogP contribution >= 0.6 is 0 Å². The monoisotopic (exact) mass is 226 g/mol. The van der Waals surface area contributed by atoms with Crippen LogP contribution in [0.2, 0.25) is 0 Å². The van der Waals surface area contributed by atoms with Crippen molar-refractivity contribution in [2.75, 3.05) is 13.1 Å². The summed E-state index contributed by atoms with van der Waals surface area (Å²) in [6, 6.07) is 0.490. The van der Waals surface area contributed by atoms with E-state index in [0.717, 1.165) is 31.8 Å². The van der Waals surface area contributed by atoms with E-state index in [1.165, 1.54) is 19.3 Å². The van der Waals surface area contributed by atoms with E-state index in [1.54, 1.807) is 0 Å². The van der Waals surface area contributed by atoms with E-state index >= 15 is 0 Å². The molecule has 1 fully saturated rings. The number of rotatable bonds is 6. The molecule has 2 N–H and O–H groups in total. The van der Waals surface area contributed by atoms with Crippen LogP contribution in [0.5, 0.6) is 0 Å². The lowest BCUT2D eigenvalue weighted by molar-refractivity contribution is -0.121. The molecule has 2 unspecified atom stereocenters. The van der Waals surface area contributed by atoms with Gasteiger partial charge in [0.2, 0.25) is 5.91 Å². The molecule has 1 amide bonds. The summed E-state index contributed by atoms with van der Waals surface area (Å²) in [6.07, 6.45) is 6.56. The Kier molecular flexibility index (Phi) is 6.46. The molecule has 1 saturated heterocycles. The highest BCUT2D eigenvalue weighted by molar-refractivity contribution is 5.75. The van der Waals surface area contributed by atoms with Gasteiger partial charge in [0.15, 0.2) is 0 Å². The smallest absolute Gasteiger partial charge is 0.220 e. The summed E-state index contributed by atoms with van der Waals surface area (Å²) in [5, 5.41) is 6.57. The van der Waals surface area contributed by atoms with Crippen molar-refractivity contribution in [1.29, 1.82) is 0 Å². The Morgan fingerprint density at radius 3 is 2.94 bits per heavy atom. The Morgan fingerprint density at radius 1 is 1.44 bits per heavy atom. The first-order valence-corrected chi connectivity index (χ1v) is 6.78. The van der Waals surface area contributed by atoms with Crippen molar-refractivity contribution >= 4 is 5.91 Å². The molecule has 1 aliphatic heterocycles. The zero-order chi connectivity index (χ0) is 11.8. The topological polar surface area (TPSA) is 41.1 Å². The van der Waals surface area contributed by atoms with Crippen LogP contribution in [0, 0.1) is 5.92 Å². The molecule has 1 heterocycles. The highest BCUT2D eigenvalue weighted by atomic mass is 16.1. The maximum atomic E-state index is 11.5. The standard InChI is InChI=1S/C13H26N2O/c1-3-5-8-13(16)15-10-12-11(4-2)7-6-9-14-12/h11-12,14H,3-10H2,1-2H3,(H,15,16). The van der Waals surface area contributed by atoms with Gasteiger partial charge in [-0.2, -0.15) is 0 Å². The van der Waals surface area contributed by atoms with Crippen molar-refractivity contribution in [2.24, 2.45) is 5.92 Å². The first-order valence-electron chi connectivity index (χ1n) is 6.78. The van der Waals surface area contributed by atoms with Gasteiger partial charge in [-0.3, -0.25) is 4.79 Å². The van der Waals surface area contributed by atoms with Crippen LogP contribution < -0.4 is 10.6 Å². The molecule has 0 aromatic carbocycles. The normalized spacial score (nSPS) is 25.4. The number of hydrogen-bond donors (Lipinski definition) is 2. The van der Waals surface area contributed by atoms with Crippen molar-refractivity contribution in [3.63, 3.8) is 0 Å². The Bertz CT molecular complexity index is 206. The fraction of sp³-hybridized carbons (Fsp3) is 0.923. The Balaban J connectivity index is 2.21. The molecule has 94 valence electrons. The van der Waals surface area contributed by atoms with Crippen LogP contribution in [0.25, 0.3) is 0 Å². The summed E-state index contributed by atoms with van der Waals surface area (Å²) in [6.45, 7) is 6.26. The van der Waals surface area contributed by atoms with Gasteiger partial charge < -0.3 is 10.6 Å². The third kappa shape index (κ3) is 4.52. The Labute approximate surface area is 99.4 Å². The van der Waals surface area contributed by atoms with E-state index < -0.39 is 0 Å². The minimum absolute atomic E-state index is 0.212. The molecule has 0 aliphatic carbocycles. The average Bonchev–Trinajstić information content (AvgIpc) is 2.34. The maximum absolute atomic E-state index is 11.5. The number of nitrogens with one attached hydrogen (secondary N) is 2. The zero-order valence-electron chi connectivity index (χ0n) is 10.7. The van der Waals surface area contributed by atoms with Gasteiger partial charge in [0.25, 0.3) is 0 Å². The fourth-order valence-electron chi connectivity index (χ4n) is 2.40. The molecule has 16 heavy (non-hydrogen) atoms. The van der Waals surface area contributed by atoms with Gasteiger partial charge >= 0.3 is 0 Å². The van der Waals surface area contributed by atoms with Crippen LogP contribution in [-0.4, -0.2) is 25.0 Å². The molecule has 0 radical (unpaired) electrons. The molecule has 1 aliphatic rings. The molecule has 0 aromatic rings. The number of carbonyl (C=O) groups excluding carboxylic acids is 1. The summed E-state index contributed by atoms with van der Waals surface area (Å²) in [5.74, 6) is 0.948. The lowest BCUT2D eigenvalue weighted by atomic mass is 9.88. The van der Waals surface area contributed by atoms with E-state index in [1.807, 2.05) is 0 Å². The molecule has 1 rings (SSSR count). The molecule has 0 spiro atoms. The molecular formula is C13H26N2O. The molecule has 0 aromatic heterocycles. The molecular weight excluding hydrogens is 200 g/mol. The van der Waals surface area contributed by atoms with Gasteiger partial charge in [0.05, 0.1) is 0 Å². The van der Waals surface area contributed by atoms with Gasteiger partial charge in [0.1, 0.15) is 0 Å². The van der Waals surface area contributed by atoms with Crippen LogP contribution in [0.4, 0.5) is 0 Å². The van der Waals surface area contributed by atoms with E-state index in [-0.39, 0.29) is 5.91 Å². The second-order valence-electron chi connectivity index (χ2n) is 4.78. The van der Waals surface area contributed by atoms with E-state index in [0.29, 0.717) is 12.5 Å². The van der Waals surface area contributed by atoms with Crippen molar-refractivity contribution < 1.29 is 4.79 Å². The minimum Gasteiger partial charge on any atom is -0.355 e. The third-order valence-electron chi connectivity index (χ3n) is 3.53. The highest BCUT2D eigenvalue weighted by Gasteiger charge is 2.23. The van der Waals surface area contributed by atoms with E-state index in [2.05, 4.69) is 24.5 Å². The van der Waals surface area contributed by atoms with Crippen molar-refractivity contribution in [1.82, 2.24) is 10.6 Å². The van der Waals surface area contributed by atoms with Gasteiger partial charge in [-0.25, -0.2) is 0 Å². The van der Waals surface area contributed by atoms with E-state index in [4.69, 9.17) is 0 Å². The van der Waals surface area contributed by atoms with Gasteiger partial charge in [-0.1, -0.05) is 26.7 Å². The van der Waals surface area contributed by atoms with Gasteiger partial charge in [0, 0.05) is 19.0 Å². The first-order chi connectivity index (χ1) is 7.77. The average molecular weight is 226 g/mol. The number of unbranched alkanes of at least 4 members (excludes halogenated alkanes) is 1. The predicted octanol–water partition coefficient (Wildman–Crippen LogP) is 2.07. The van der Waals surface area contributed by atoms with Crippen LogP contribution in [0.15, 0.2) is 0 Å². The summed E-state index contributed by atoms with van der Waals surface area (Å²) in [5.41, 5.74) is 0. The Morgan fingerprint density at radius 2 is 2.25 bits per heavy atom. The second kappa shape index (κ2) is 7.66. The molecule has 3 heteroatoms. The van der Waals surface area contributed by atoms with Crippen molar-refractivity contribution in [3.8, 4) is 0 Å². The molecule has 0 bridgehead atoms. The van der Waals surface area contributed by atoms with Crippen LogP contribution in [-0.2, 0) is 4.79 Å². The summed E-state index contributed by atoms with van der Waals surface area (Å²) in [4.78, 5) is 11.5. The van der Waals surface area contributed by atoms with Crippen molar-refractivity contribution in [3.05, 3.63) is 0 Å². The van der Waals surface area contributed by atoms with Crippen LogP contribution in [0.1, 0.15) is 52.4 Å². The summed E-state index contributed by atoms with van der Waals surface area (Å²) < 4.78 is 0. The number of amides is 1. The van der Waals surface area contributed by atoms with Gasteiger partial charge in [-0.05, 0) is 31.7 Å². The summed E-state index contributed by atoms with van der Waals surface area (Å²) >= 11 is 0. The fourth-order valence-corrected chi connectivity index (χ4v) is 2.40. The minimum atomic E-state index is 0.212. The van der Waals surface area contributed by atoms with E-state index in [9.17, 15) is 4.79 Å². The molecule has 3 nitrogen and oxygen atoms in total. The quantitative estimate of drug-likeness (QED) is 0.728. The molecule has 0 saturated carbocycles. The zero-order valence-corrected chi connectivity index (χ0v) is 10.7. The lowest BCUT2D eigenvalue weighted by Gasteiger charge is -2.32. The van der Waals surface area contributed by atoms with Crippen molar-refractivity contribution in [2.45, 2.75) is 58.4 Å². The maximum Gasteiger partial charge on any atom is 0.220 e. The first kappa shape index (κ1) is 13.5. The highest BCUT2D eigenvalue weighted by Crippen LogP contribution is 2.19. The van der Waals surface area contributed by atoms with Gasteiger partial charge in [-0.15, -0.1) is 0 Å². The third-order valence-corrected chi connectivity index (χ3v) is 3.53. The Hall–Kier alpha value is -0.570. The SMILES string of the molecule is CCCCC(=O)NCC1NCCCC1CC.